The van der Waals surface area contributed by atoms with Gasteiger partial charge in [-0.25, -0.2) is 4.98 Å². The van der Waals surface area contributed by atoms with E-state index in [9.17, 15) is 9.59 Å². The summed E-state index contributed by atoms with van der Waals surface area (Å²) in [5, 5.41) is 12.4. The fraction of sp³-hybridized carbons (Fsp3) is 0.429. The van der Waals surface area contributed by atoms with E-state index in [-0.39, 0.29) is 24.3 Å². The molecular weight excluding hydrogens is 404 g/mol. The molecule has 0 radical (unpaired) electrons. The number of hydrogen-bond donors (Lipinski definition) is 2. The molecule has 8 nitrogen and oxygen atoms in total. The Hall–Kier alpha value is -2.78. The van der Waals surface area contributed by atoms with Crippen molar-refractivity contribution < 1.29 is 19.5 Å². The van der Waals surface area contributed by atoms with Crippen LogP contribution in [-0.2, 0) is 16.0 Å². The summed E-state index contributed by atoms with van der Waals surface area (Å²) in [5.41, 5.74) is 1.60. The monoisotopic (exact) mass is 432 g/mol. The Morgan fingerprint density at radius 3 is 2.43 bits per heavy atom. The Labute approximate surface area is 180 Å². The smallest absolute Gasteiger partial charge is 0.290 e. The second-order valence-corrected chi connectivity index (χ2v) is 7.74. The van der Waals surface area contributed by atoms with Gasteiger partial charge in [0, 0.05) is 38.5 Å². The first-order valence-electron chi connectivity index (χ1n) is 9.84. The first kappa shape index (κ1) is 23.5. The highest BCUT2D eigenvalue weighted by Crippen LogP contribution is 2.23. The van der Waals surface area contributed by atoms with E-state index in [2.05, 4.69) is 22.1 Å². The third kappa shape index (κ3) is 6.93. The largest absolute Gasteiger partial charge is 0.483 e. The number of piperazine rings is 1. The maximum absolute atomic E-state index is 12.8. The van der Waals surface area contributed by atoms with Crippen LogP contribution in [-0.4, -0.2) is 70.9 Å². The third-order valence-corrected chi connectivity index (χ3v) is 5.76. The second kappa shape index (κ2) is 12.0. The molecule has 9 heteroatoms. The predicted molar refractivity (Wildman–Crippen MR) is 116 cm³/mol. The van der Waals surface area contributed by atoms with Crippen molar-refractivity contribution in [2.45, 2.75) is 26.3 Å². The van der Waals surface area contributed by atoms with Gasteiger partial charge in [0.25, 0.3) is 12.4 Å². The summed E-state index contributed by atoms with van der Waals surface area (Å²) < 4.78 is 0. The fourth-order valence-corrected chi connectivity index (χ4v) is 4.11. The molecule has 0 aliphatic carbocycles. The van der Waals surface area contributed by atoms with Crippen molar-refractivity contribution in [2.75, 3.05) is 32.7 Å². The molecule has 3 rings (SSSR count). The van der Waals surface area contributed by atoms with Crippen LogP contribution in [0.25, 0.3) is 0 Å². The molecule has 0 unspecified atom stereocenters. The molecule has 2 heterocycles. The van der Waals surface area contributed by atoms with Crippen LogP contribution in [0.2, 0.25) is 0 Å². The molecule has 1 aromatic heterocycles. The van der Waals surface area contributed by atoms with Gasteiger partial charge < -0.3 is 20.2 Å². The summed E-state index contributed by atoms with van der Waals surface area (Å²) in [6, 6.07) is 9.76. The van der Waals surface area contributed by atoms with E-state index in [4.69, 9.17) is 9.90 Å². The van der Waals surface area contributed by atoms with Crippen molar-refractivity contribution in [3.63, 3.8) is 0 Å². The molecule has 1 fully saturated rings. The molecule has 30 heavy (non-hydrogen) atoms. The van der Waals surface area contributed by atoms with Crippen molar-refractivity contribution in [1.29, 1.82) is 0 Å². The van der Waals surface area contributed by atoms with Crippen LogP contribution in [0.15, 0.2) is 35.7 Å². The van der Waals surface area contributed by atoms with Gasteiger partial charge in [0.2, 0.25) is 5.91 Å². The van der Waals surface area contributed by atoms with Gasteiger partial charge >= 0.3 is 0 Å². The minimum Gasteiger partial charge on any atom is -0.483 e. The lowest BCUT2D eigenvalue weighted by molar-refractivity contribution is -0.123. The Morgan fingerprint density at radius 1 is 1.23 bits per heavy atom. The van der Waals surface area contributed by atoms with Crippen LogP contribution in [0.3, 0.4) is 0 Å². The lowest BCUT2D eigenvalue weighted by atomic mass is 10.1. The first-order chi connectivity index (χ1) is 14.5. The average Bonchev–Trinajstić information content (AvgIpc) is 3.24. The van der Waals surface area contributed by atoms with Gasteiger partial charge in [0.1, 0.15) is 10.7 Å². The van der Waals surface area contributed by atoms with Crippen molar-refractivity contribution in [3.05, 3.63) is 52.0 Å². The van der Waals surface area contributed by atoms with Gasteiger partial charge in [0.15, 0.2) is 0 Å². The Bertz CT molecular complexity index is 819. The number of aromatic nitrogens is 1. The van der Waals surface area contributed by atoms with Gasteiger partial charge in [-0.3, -0.25) is 14.4 Å². The highest BCUT2D eigenvalue weighted by molar-refractivity contribution is 7.09. The number of nitrogens with zero attached hydrogens (tertiary/aromatic N) is 3. The quantitative estimate of drug-likeness (QED) is 0.677. The molecule has 0 bridgehead atoms. The molecule has 0 saturated carbocycles. The number of benzene rings is 1. The van der Waals surface area contributed by atoms with E-state index in [1.807, 2.05) is 40.6 Å². The standard InChI is InChI=1S/C20H26N4O2S.CH2O2/c1-3-23-9-11-24(12-10-23)20(26)18-14-27-19(22-18)17(21-15(2)25)13-16-7-5-4-6-8-16;2-1-3/h4-8,14,17H,3,9-13H2,1-2H3,(H,21,25);1H,(H,2,3)/t17-;/m1./s1. The molecule has 2 aromatic rings. The predicted octanol–water partition coefficient (Wildman–Crippen LogP) is 2.04. The maximum atomic E-state index is 12.8. The van der Waals surface area contributed by atoms with Crippen molar-refractivity contribution in [1.82, 2.24) is 20.1 Å². The Kier molecular flexibility index (Phi) is 9.43. The zero-order valence-electron chi connectivity index (χ0n) is 17.3. The molecule has 2 N–H and O–H groups in total. The third-order valence-electron chi connectivity index (χ3n) is 4.81. The van der Waals surface area contributed by atoms with E-state index < -0.39 is 0 Å². The highest BCUT2D eigenvalue weighted by atomic mass is 32.1. The van der Waals surface area contributed by atoms with Gasteiger partial charge in [-0.2, -0.15) is 0 Å². The Morgan fingerprint density at radius 2 is 1.87 bits per heavy atom. The SMILES string of the molecule is CCN1CCN(C(=O)c2csc([C@@H](Cc3ccccc3)NC(C)=O)n2)CC1.O=CO. The fourth-order valence-electron chi connectivity index (χ4n) is 3.27. The van der Waals surface area contributed by atoms with Crippen LogP contribution >= 0.6 is 11.3 Å². The zero-order valence-corrected chi connectivity index (χ0v) is 18.1. The van der Waals surface area contributed by atoms with Gasteiger partial charge in [-0.05, 0) is 18.5 Å². The normalized spacial score (nSPS) is 14.9. The first-order valence-corrected chi connectivity index (χ1v) is 10.7. The minimum atomic E-state index is -0.250. The number of amides is 2. The summed E-state index contributed by atoms with van der Waals surface area (Å²) in [5.74, 6) is -0.121. The van der Waals surface area contributed by atoms with E-state index >= 15 is 0 Å². The van der Waals surface area contributed by atoms with Crippen LogP contribution in [0, 0.1) is 0 Å². The number of carbonyl (C=O) groups is 3. The molecule has 1 aliphatic rings. The minimum absolute atomic E-state index is 0.0189. The molecule has 162 valence electrons. The van der Waals surface area contributed by atoms with E-state index in [1.54, 1.807) is 0 Å². The molecule has 0 spiro atoms. The number of nitrogens with one attached hydrogen (secondary N) is 1. The summed E-state index contributed by atoms with van der Waals surface area (Å²) in [6.07, 6.45) is 0.650. The lowest BCUT2D eigenvalue weighted by Crippen LogP contribution is -2.48. The number of likely N-dealkylation sites (N-methyl/N-ethyl adjacent to an activating group) is 1. The van der Waals surface area contributed by atoms with Crippen molar-refractivity contribution in [2.24, 2.45) is 0 Å². The number of carbonyl (C=O) groups excluding carboxylic acids is 2. The lowest BCUT2D eigenvalue weighted by Gasteiger charge is -2.33. The van der Waals surface area contributed by atoms with Gasteiger partial charge in [0.05, 0.1) is 6.04 Å². The van der Waals surface area contributed by atoms with Crippen molar-refractivity contribution >= 4 is 29.6 Å². The summed E-state index contributed by atoms with van der Waals surface area (Å²) in [4.78, 5) is 41.6. The van der Waals surface area contributed by atoms with Crippen LogP contribution in [0.5, 0.6) is 0 Å². The molecule has 1 aliphatic heterocycles. The van der Waals surface area contributed by atoms with Crippen LogP contribution < -0.4 is 5.32 Å². The van der Waals surface area contributed by atoms with E-state index in [0.717, 1.165) is 43.3 Å². The second-order valence-electron chi connectivity index (χ2n) is 6.85. The molecule has 1 saturated heterocycles. The number of carboxylic acid groups (broad SMARTS) is 1. The van der Waals surface area contributed by atoms with Crippen LogP contribution in [0.1, 0.15) is 40.9 Å². The molecule has 1 atom stereocenters. The van der Waals surface area contributed by atoms with Gasteiger partial charge in [-0.15, -0.1) is 11.3 Å². The van der Waals surface area contributed by atoms with Crippen molar-refractivity contribution in [3.8, 4) is 0 Å². The number of hydrogen-bond acceptors (Lipinski definition) is 6. The average molecular weight is 433 g/mol. The van der Waals surface area contributed by atoms with E-state index in [0.29, 0.717) is 12.1 Å². The zero-order chi connectivity index (χ0) is 21.9. The summed E-state index contributed by atoms with van der Waals surface area (Å²) >= 11 is 1.43. The molecule has 2 amide bonds. The highest BCUT2D eigenvalue weighted by Gasteiger charge is 2.25. The summed E-state index contributed by atoms with van der Waals surface area (Å²) in [7, 11) is 0. The van der Waals surface area contributed by atoms with Crippen LogP contribution in [0.4, 0.5) is 0 Å². The maximum Gasteiger partial charge on any atom is 0.290 e. The van der Waals surface area contributed by atoms with E-state index in [1.165, 1.54) is 18.3 Å². The number of thiazole rings is 1. The Balaban J connectivity index is 0.00000101. The summed E-state index contributed by atoms with van der Waals surface area (Å²) in [6.45, 7) is 7.69. The molecular formula is C21H28N4O4S. The van der Waals surface area contributed by atoms with Gasteiger partial charge in [-0.1, -0.05) is 37.3 Å². The molecule has 1 aromatic carbocycles. The topological polar surface area (TPSA) is 103 Å². The number of rotatable bonds is 6.